The number of hydrogen-bond acceptors (Lipinski definition) is 10. The summed E-state index contributed by atoms with van der Waals surface area (Å²) in [7, 11) is 0. The molecule has 3 fully saturated rings. The summed E-state index contributed by atoms with van der Waals surface area (Å²) in [5, 5.41) is 4.10. The van der Waals surface area contributed by atoms with E-state index in [-0.39, 0.29) is 23.9 Å². The Morgan fingerprint density at radius 2 is 1.82 bits per heavy atom. The molecule has 0 aromatic carbocycles. The lowest BCUT2D eigenvalue weighted by molar-refractivity contribution is -0.137. The molecule has 0 bridgehead atoms. The monoisotopic (exact) mass is 540 g/mol. The number of nitrogens with two attached hydrogens (primary N) is 1. The molecule has 11 heteroatoms. The summed E-state index contributed by atoms with van der Waals surface area (Å²) in [5.41, 5.74) is 6.45. The van der Waals surface area contributed by atoms with Gasteiger partial charge in [-0.2, -0.15) is 4.98 Å². The highest BCUT2D eigenvalue weighted by Gasteiger charge is 2.39. The molecule has 5 heterocycles. The van der Waals surface area contributed by atoms with Crippen LogP contribution in [0.15, 0.2) is 16.9 Å². The van der Waals surface area contributed by atoms with Crippen LogP contribution in [0.1, 0.15) is 71.5 Å². The van der Waals surface area contributed by atoms with Gasteiger partial charge in [-0.3, -0.25) is 4.79 Å². The molecule has 2 N–H and O–H groups in total. The summed E-state index contributed by atoms with van der Waals surface area (Å²) in [4.78, 5) is 32.4. The second-order valence-electron chi connectivity index (χ2n) is 12.1. The van der Waals surface area contributed by atoms with Crippen molar-refractivity contribution in [3.8, 4) is 5.75 Å². The molecule has 3 aliphatic rings. The number of amides is 1. The van der Waals surface area contributed by atoms with Crippen LogP contribution in [0.25, 0.3) is 0 Å². The van der Waals surface area contributed by atoms with Crippen LogP contribution >= 0.6 is 0 Å². The van der Waals surface area contributed by atoms with Gasteiger partial charge in [-0.15, -0.1) is 0 Å². The van der Waals surface area contributed by atoms with Gasteiger partial charge in [0, 0.05) is 51.1 Å². The molecule has 3 aliphatic heterocycles. The first kappa shape index (κ1) is 27.6. The number of rotatable bonds is 9. The van der Waals surface area contributed by atoms with Gasteiger partial charge in [-0.1, -0.05) is 32.9 Å². The van der Waals surface area contributed by atoms with Gasteiger partial charge in [-0.05, 0) is 43.4 Å². The summed E-state index contributed by atoms with van der Waals surface area (Å²) < 4.78 is 11.5. The van der Waals surface area contributed by atoms with E-state index in [4.69, 9.17) is 15.0 Å². The summed E-state index contributed by atoms with van der Waals surface area (Å²) >= 11 is 0. The fraction of sp³-hybridized carbons (Fsp3) is 0.750. The summed E-state index contributed by atoms with van der Waals surface area (Å²) in [6.45, 7) is 13.3. The van der Waals surface area contributed by atoms with E-state index in [0.29, 0.717) is 61.6 Å². The van der Waals surface area contributed by atoms with Gasteiger partial charge in [0.05, 0.1) is 25.0 Å². The fourth-order valence-electron chi connectivity index (χ4n) is 6.06. The number of carbonyl (C=O) groups is 1. The number of piperidine rings is 2. The van der Waals surface area contributed by atoms with Crippen molar-refractivity contribution in [1.29, 1.82) is 0 Å². The molecule has 11 nitrogen and oxygen atoms in total. The van der Waals surface area contributed by atoms with Crippen molar-refractivity contribution >= 4 is 17.9 Å². The average Bonchev–Trinajstić information content (AvgIpc) is 3.58. The second kappa shape index (κ2) is 12.1. The minimum Gasteiger partial charge on any atom is -0.490 e. The molecule has 4 atom stereocenters. The van der Waals surface area contributed by atoms with Crippen LogP contribution in [0.5, 0.6) is 5.75 Å². The highest BCUT2D eigenvalue weighted by atomic mass is 16.5. The third-order valence-electron chi connectivity index (χ3n) is 8.71. The lowest BCUT2D eigenvalue weighted by Gasteiger charge is -2.36. The standard InChI is InChI=1S/C28H44N8O3/c1-18(2)26-32-28(39-33-26)34-10-7-21(8-11-34)20(4)9-12-38-22-13-30-27(31-14-22)35-16-23(29)24(17-35)36-15-19(3)5-6-25(36)37/h13-14,18-21,23-24H,5-12,15-17,29H2,1-4H3/t19?,20?,23-,24-/m0/s1. The molecule has 0 spiro atoms. The Hall–Kier alpha value is -2.95. The molecule has 0 aliphatic carbocycles. The first-order valence-electron chi connectivity index (χ1n) is 14.6. The van der Waals surface area contributed by atoms with Gasteiger partial charge < -0.3 is 29.7 Å². The zero-order valence-electron chi connectivity index (χ0n) is 23.8. The number of nitrogens with zero attached hydrogens (tertiary/aromatic N) is 7. The number of hydrogen-bond donors (Lipinski definition) is 1. The molecule has 2 aromatic heterocycles. The van der Waals surface area contributed by atoms with Crippen molar-refractivity contribution in [3.63, 3.8) is 0 Å². The Bertz CT molecular complexity index is 1080. The molecule has 0 radical (unpaired) electrons. The number of carbonyl (C=O) groups excluding carboxylic acids is 1. The first-order valence-corrected chi connectivity index (χ1v) is 14.6. The van der Waals surface area contributed by atoms with Crippen molar-refractivity contribution in [1.82, 2.24) is 25.0 Å². The van der Waals surface area contributed by atoms with E-state index in [1.165, 1.54) is 0 Å². The van der Waals surface area contributed by atoms with Crippen LogP contribution in [0.4, 0.5) is 12.0 Å². The lowest BCUT2D eigenvalue weighted by Crippen LogP contribution is -2.53. The van der Waals surface area contributed by atoms with E-state index in [2.05, 4.69) is 57.6 Å². The Morgan fingerprint density at radius 3 is 2.51 bits per heavy atom. The number of likely N-dealkylation sites (tertiary alicyclic amines) is 1. The predicted octanol–water partition coefficient (Wildman–Crippen LogP) is 3.08. The van der Waals surface area contributed by atoms with Gasteiger partial charge in [0.25, 0.3) is 0 Å². The van der Waals surface area contributed by atoms with Crippen LogP contribution in [0.3, 0.4) is 0 Å². The molecular formula is C28H44N8O3. The molecule has 3 saturated heterocycles. The van der Waals surface area contributed by atoms with E-state index in [1.54, 1.807) is 12.4 Å². The molecule has 0 saturated carbocycles. The van der Waals surface area contributed by atoms with Gasteiger partial charge in [0.1, 0.15) is 0 Å². The van der Waals surface area contributed by atoms with Crippen LogP contribution in [0.2, 0.25) is 0 Å². The highest BCUT2D eigenvalue weighted by Crippen LogP contribution is 2.30. The van der Waals surface area contributed by atoms with Crippen molar-refractivity contribution in [2.75, 3.05) is 49.1 Å². The zero-order chi connectivity index (χ0) is 27.5. The Balaban J connectivity index is 1.05. The van der Waals surface area contributed by atoms with E-state index >= 15 is 0 Å². The van der Waals surface area contributed by atoms with Crippen molar-refractivity contribution in [3.05, 3.63) is 18.2 Å². The molecule has 214 valence electrons. The fourth-order valence-corrected chi connectivity index (χ4v) is 6.06. The third-order valence-corrected chi connectivity index (χ3v) is 8.71. The Labute approximate surface area is 231 Å². The average molecular weight is 541 g/mol. The second-order valence-corrected chi connectivity index (χ2v) is 12.1. The zero-order valence-corrected chi connectivity index (χ0v) is 23.8. The first-order chi connectivity index (χ1) is 18.8. The van der Waals surface area contributed by atoms with Gasteiger partial charge >= 0.3 is 6.01 Å². The van der Waals surface area contributed by atoms with Gasteiger partial charge in [0.2, 0.25) is 11.9 Å². The third kappa shape index (κ3) is 6.45. The lowest BCUT2D eigenvalue weighted by atomic mass is 9.84. The highest BCUT2D eigenvalue weighted by molar-refractivity contribution is 5.77. The van der Waals surface area contributed by atoms with E-state index in [1.807, 2.05) is 4.90 Å². The largest absolute Gasteiger partial charge is 0.490 e. The van der Waals surface area contributed by atoms with Crippen LogP contribution in [-0.4, -0.2) is 82.3 Å². The predicted molar refractivity (Wildman–Crippen MR) is 149 cm³/mol. The SMILES string of the molecule is CC1CCC(=O)N([C@H]2CN(c3ncc(OCCC(C)C4CCN(c5nc(C(C)C)no5)CC4)cn3)C[C@@H]2N)C1. The summed E-state index contributed by atoms with van der Waals surface area (Å²) in [6.07, 6.45) is 8.27. The maximum absolute atomic E-state index is 12.5. The molecule has 5 rings (SSSR count). The van der Waals surface area contributed by atoms with E-state index in [9.17, 15) is 4.79 Å². The smallest absolute Gasteiger partial charge is 0.324 e. The molecule has 39 heavy (non-hydrogen) atoms. The summed E-state index contributed by atoms with van der Waals surface area (Å²) in [5.74, 6) is 4.30. The van der Waals surface area contributed by atoms with Crippen LogP contribution in [0, 0.1) is 17.8 Å². The van der Waals surface area contributed by atoms with E-state index < -0.39 is 0 Å². The maximum atomic E-state index is 12.5. The van der Waals surface area contributed by atoms with Gasteiger partial charge in [0.15, 0.2) is 11.6 Å². The normalized spacial score (nSPS) is 25.5. The molecule has 1 amide bonds. The quantitative estimate of drug-likeness (QED) is 0.507. The summed E-state index contributed by atoms with van der Waals surface area (Å²) in [6, 6.07) is 0.562. The minimum absolute atomic E-state index is 0.0117. The Morgan fingerprint density at radius 1 is 1.08 bits per heavy atom. The minimum atomic E-state index is -0.100. The maximum Gasteiger partial charge on any atom is 0.324 e. The molecule has 2 aromatic rings. The number of ether oxygens (including phenoxy) is 1. The number of anilines is 2. The molecular weight excluding hydrogens is 496 g/mol. The van der Waals surface area contributed by atoms with Crippen LogP contribution < -0.4 is 20.3 Å². The van der Waals surface area contributed by atoms with Crippen molar-refractivity contribution in [2.24, 2.45) is 23.5 Å². The number of aromatic nitrogens is 4. The molecule has 2 unspecified atom stereocenters. The topological polar surface area (TPSA) is 127 Å². The van der Waals surface area contributed by atoms with Crippen molar-refractivity contribution in [2.45, 2.75) is 77.8 Å². The van der Waals surface area contributed by atoms with Crippen LogP contribution in [-0.2, 0) is 4.79 Å². The Kier molecular flexibility index (Phi) is 8.54. The van der Waals surface area contributed by atoms with Crippen molar-refractivity contribution < 1.29 is 14.1 Å². The van der Waals surface area contributed by atoms with Gasteiger partial charge in [-0.25, -0.2) is 9.97 Å². The van der Waals surface area contributed by atoms with E-state index in [0.717, 1.165) is 51.1 Å².